The van der Waals surface area contributed by atoms with Gasteiger partial charge in [-0.3, -0.25) is 4.90 Å². The third kappa shape index (κ3) is 4.13. The fourth-order valence-corrected chi connectivity index (χ4v) is 4.14. The number of hydrogen-bond donors (Lipinski definition) is 3. The van der Waals surface area contributed by atoms with Gasteiger partial charge in [0, 0.05) is 25.2 Å². The summed E-state index contributed by atoms with van der Waals surface area (Å²) in [7, 11) is 0. The summed E-state index contributed by atoms with van der Waals surface area (Å²) in [6.45, 7) is 2.56. The second kappa shape index (κ2) is 7.18. The van der Waals surface area contributed by atoms with Crippen LogP contribution in [0.3, 0.4) is 0 Å². The lowest BCUT2D eigenvalue weighted by atomic mass is 9.80. The fraction of sp³-hybridized carbons (Fsp3) is 0.941. The number of likely N-dealkylation sites (tertiary alicyclic amines) is 1. The Labute approximate surface area is 133 Å². The van der Waals surface area contributed by atoms with E-state index < -0.39 is 5.60 Å². The molecule has 3 rings (SSSR count). The molecule has 2 saturated carbocycles. The molecule has 2 amide bonds. The molecule has 1 saturated heterocycles. The second-order valence-corrected chi connectivity index (χ2v) is 7.53. The molecule has 0 bridgehead atoms. The van der Waals surface area contributed by atoms with Crippen molar-refractivity contribution in [2.24, 2.45) is 0 Å². The van der Waals surface area contributed by atoms with Crippen LogP contribution in [0.5, 0.6) is 0 Å². The number of hydrogen-bond acceptors (Lipinski definition) is 3. The average molecular weight is 309 g/mol. The second-order valence-electron chi connectivity index (χ2n) is 7.53. The smallest absolute Gasteiger partial charge is 0.315 e. The Kier molecular flexibility index (Phi) is 5.24. The zero-order valence-electron chi connectivity index (χ0n) is 13.6. The van der Waals surface area contributed by atoms with Crippen LogP contribution >= 0.6 is 0 Å². The summed E-state index contributed by atoms with van der Waals surface area (Å²) in [5, 5.41) is 16.0. The number of urea groups is 1. The van der Waals surface area contributed by atoms with E-state index in [0.29, 0.717) is 6.54 Å². The molecule has 22 heavy (non-hydrogen) atoms. The van der Waals surface area contributed by atoms with Crippen molar-refractivity contribution in [3.05, 3.63) is 0 Å². The van der Waals surface area contributed by atoms with Crippen molar-refractivity contribution in [3.8, 4) is 0 Å². The Morgan fingerprint density at radius 2 is 1.86 bits per heavy atom. The van der Waals surface area contributed by atoms with Crippen LogP contribution in [0.4, 0.5) is 4.79 Å². The summed E-state index contributed by atoms with van der Waals surface area (Å²) in [5.41, 5.74) is -0.641. The third-order valence-electron chi connectivity index (χ3n) is 5.74. The molecule has 0 aromatic carbocycles. The largest absolute Gasteiger partial charge is 0.388 e. The first-order chi connectivity index (χ1) is 10.6. The Morgan fingerprint density at radius 3 is 2.55 bits per heavy atom. The highest BCUT2D eigenvalue weighted by atomic mass is 16.3. The SMILES string of the molecule is O=C(NCC1(O)CCC1)NC1CCCN(C2CCCCC2)C1. The highest BCUT2D eigenvalue weighted by Gasteiger charge is 2.35. The first-order valence-corrected chi connectivity index (χ1v) is 9.15. The molecule has 5 nitrogen and oxygen atoms in total. The fourth-order valence-electron chi connectivity index (χ4n) is 4.14. The Morgan fingerprint density at radius 1 is 1.09 bits per heavy atom. The highest BCUT2D eigenvalue weighted by Crippen LogP contribution is 2.30. The van der Waals surface area contributed by atoms with E-state index in [9.17, 15) is 9.90 Å². The topological polar surface area (TPSA) is 64.6 Å². The van der Waals surface area contributed by atoms with Gasteiger partial charge in [0.1, 0.15) is 0 Å². The van der Waals surface area contributed by atoms with Crippen LogP contribution in [0, 0.1) is 0 Å². The van der Waals surface area contributed by atoms with E-state index in [-0.39, 0.29) is 12.1 Å². The Balaban J connectivity index is 1.40. The molecule has 1 heterocycles. The quantitative estimate of drug-likeness (QED) is 0.744. The number of carbonyl (C=O) groups is 1. The number of carbonyl (C=O) groups excluding carboxylic acids is 1. The summed E-state index contributed by atoms with van der Waals surface area (Å²) in [6.07, 6.45) is 11.7. The zero-order chi connectivity index (χ0) is 15.4. The lowest BCUT2D eigenvalue weighted by Gasteiger charge is -2.40. The predicted octanol–water partition coefficient (Wildman–Crippen LogP) is 2.00. The van der Waals surface area contributed by atoms with Crippen LogP contribution in [0.25, 0.3) is 0 Å². The first-order valence-electron chi connectivity index (χ1n) is 9.15. The molecule has 3 N–H and O–H groups in total. The van der Waals surface area contributed by atoms with Gasteiger partial charge in [0.15, 0.2) is 0 Å². The van der Waals surface area contributed by atoms with Crippen molar-refractivity contribution in [1.82, 2.24) is 15.5 Å². The van der Waals surface area contributed by atoms with Gasteiger partial charge in [-0.1, -0.05) is 19.3 Å². The minimum absolute atomic E-state index is 0.115. The lowest BCUT2D eigenvalue weighted by molar-refractivity contribution is -0.0291. The van der Waals surface area contributed by atoms with Gasteiger partial charge in [0.2, 0.25) is 0 Å². The van der Waals surface area contributed by atoms with Gasteiger partial charge in [-0.05, 0) is 51.5 Å². The molecule has 2 aliphatic carbocycles. The van der Waals surface area contributed by atoms with Crippen LogP contribution in [-0.4, -0.2) is 53.4 Å². The van der Waals surface area contributed by atoms with Crippen molar-refractivity contribution in [1.29, 1.82) is 0 Å². The van der Waals surface area contributed by atoms with Crippen molar-refractivity contribution in [2.75, 3.05) is 19.6 Å². The molecular weight excluding hydrogens is 278 g/mol. The van der Waals surface area contributed by atoms with E-state index in [1.807, 2.05) is 0 Å². The third-order valence-corrected chi connectivity index (χ3v) is 5.74. The standard InChI is InChI=1S/C17H31N3O2/c21-16(18-13-17(22)9-5-10-17)19-14-6-4-11-20(12-14)15-7-2-1-3-8-15/h14-15,22H,1-13H2,(H2,18,19,21). The molecule has 5 heteroatoms. The first kappa shape index (κ1) is 16.1. The van der Waals surface area contributed by atoms with Crippen LogP contribution in [0.1, 0.15) is 64.2 Å². The maximum Gasteiger partial charge on any atom is 0.315 e. The van der Waals surface area contributed by atoms with E-state index in [4.69, 9.17) is 0 Å². The number of rotatable bonds is 4. The normalized spacial score (nSPS) is 29.6. The van der Waals surface area contributed by atoms with Crippen LogP contribution in [-0.2, 0) is 0 Å². The molecule has 3 fully saturated rings. The van der Waals surface area contributed by atoms with Crippen LogP contribution in [0.2, 0.25) is 0 Å². The van der Waals surface area contributed by atoms with Crippen molar-refractivity contribution in [2.45, 2.75) is 81.9 Å². The number of nitrogens with zero attached hydrogens (tertiary/aromatic N) is 1. The van der Waals surface area contributed by atoms with Crippen LogP contribution < -0.4 is 10.6 Å². The lowest BCUT2D eigenvalue weighted by Crippen LogP contribution is -2.55. The molecular formula is C17H31N3O2. The molecule has 0 aromatic rings. The molecule has 0 radical (unpaired) electrons. The molecule has 126 valence electrons. The van der Waals surface area contributed by atoms with Gasteiger partial charge in [-0.15, -0.1) is 0 Å². The molecule has 0 spiro atoms. The summed E-state index contributed by atoms with van der Waals surface area (Å²) >= 11 is 0. The van der Waals surface area contributed by atoms with Gasteiger partial charge < -0.3 is 15.7 Å². The minimum Gasteiger partial charge on any atom is -0.388 e. The molecule has 3 aliphatic rings. The number of amides is 2. The van der Waals surface area contributed by atoms with Crippen molar-refractivity contribution in [3.63, 3.8) is 0 Å². The maximum atomic E-state index is 12.0. The number of nitrogens with one attached hydrogen (secondary N) is 2. The molecule has 0 aromatic heterocycles. The Hall–Kier alpha value is -0.810. The Bertz CT molecular complexity index is 378. The van der Waals surface area contributed by atoms with Crippen LogP contribution in [0.15, 0.2) is 0 Å². The number of aliphatic hydroxyl groups is 1. The average Bonchev–Trinajstić information content (AvgIpc) is 2.52. The predicted molar refractivity (Wildman–Crippen MR) is 86.8 cm³/mol. The number of piperidine rings is 1. The van der Waals surface area contributed by atoms with E-state index in [0.717, 1.165) is 38.3 Å². The van der Waals surface area contributed by atoms with E-state index >= 15 is 0 Å². The maximum absolute atomic E-state index is 12.0. The van der Waals surface area contributed by atoms with E-state index in [1.54, 1.807) is 0 Å². The van der Waals surface area contributed by atoms with Gasteiger partial charge in [0.25, 0.3) is 0 Å². The zero-order valence-corrected chi connectivity index (χ0v) is 13.6. The van der Waals surface area contributed by atoms with Gasteiger partial charge in [0.05, 0.1) is 5.60 Å². The van der Waals surface area contributed by atoms with Gasteiger partial charge >= 0.3 is 6.03 Å². The summed E-state index contributed by atoms with van der Waals surface area (Å²) < 4.78 is 0. The minimum atomic E-state index is -0.641. The summed E-state index contributed by atoms with van der Waals surface area (Å²) in [5.74, 6) is 0. The molecule has 1 unspecified atom stereocenters. The monoisotopic (exact) mass is 309 g/mol. The van der Waals surface area contributed by atoms with Gasteiger partial charge in [-0.2, -0.15) is 0 Å². The summed E-state index contributed by atoms with van der Waals surface area (Å²) in [6, 6.07) is 0.875. The highest BCUT2D eigenvalue weighted by molar-refractivity contribution is 5.74. The molecule has 1 aliphatic heterocycles. The van der Waals surface area contributed by atoms with Crippen molar-refractivity contribution < 1.29 is 9.90 Å². The summed E-state index contributed by atoms with van der Waals surface area (Å²) in [4.78, 5) is 14.6. The van der Waals surface area contributed by atoms with Crippen molar-refractivity contribution >= 4 is 6.03 Å². The van der Waals surface area contributed by atoms with E-state index in [2.05, 4.69) is 15.5 Å². The molecule has 1 atom stereocenters. The van der Waals surface area contributed by atoms with E-state index in [1.165, 1.54) is 45.1 Å². The van der Waals surface area contributed by atoms with Gasteiger partial charge in [-0.25, -0.2) is 4.79 Å².